The average molecular weight is 350 g/mol. The number of aldehydes is 1. The Kier molecular flexibility index (Phi) is 2.42. The minimum Gasteiger partial charge on any atom is -0.360 e. The molecule has 0 spiro atoms. The minimum absolute atomic E-state index is 0.685. The Morgan fingerprint density at radius 1 is 1.46 bits per heavy atom. The van der Waals surface area contributed by atoms with Crippen LogP contribution in [0.3, 0.4) is 0 Å². The summed E-state index contributed by atoms with van der Waals surface area (Å²) in [5.41, 5.74) is 1.73. The molecule has 1 N–H and O–H groups in total. The van der Waals surface area contributed by atoms with Crippen LogP contribution >= 0.6 is 38.5 Å². The summed E-state index contributed by atoms with van der Waals surface area (Å²) in [5, 5.41) is 1.09. The van der Waals surface area contributed by atoms with Gasteiger partial charge in [0, 0.05) is 30.7 Å². The van der Waals surface area contributed by atoms with Crippen molar-refractivity contribution in [2.45, 2.75) is 0 Å². The van der Waals surface area contributed by atoms with Crippen molar-refractivity contribution in [3.05, 3.63) is 31.9 Å². The van der Waals surface area contributed by atoms with E-state index < -0.39 is 0 Å². The van der Waals surface area contributed by atoms with E-state index in [1.807, 2.05) is 18.3 Å². The molecule has 0 aliphatic carbocycles. The van der Waals surface area contributed by atoms with Gasteiger partial charge in [-0.15, -0.1) is 0 Å². The summed E-state index contributed by atoms with van der Waals surface area (Å²) in [6.07, 6.45) is 2.78. The minimum atomic E-state index is 0.685. The molecule has 2 nitrogen and oxygen atoms in total. The third-order valence-electron chi connectivity index (χ3n) is 1.88. The van der Waals surface area contributed by atoms with Crippen LogP contribution in [-0.2, 0) is 0 Å². The molecule has 2 rings (SSSR count). The Morgan fingerprint density at radius 2 is 2.23 bits per heavy atom. The summed E-state index contributed by atoms with van der Waals surface area (Å²) in [5.74, 6) is 0. The number of rotatable bonds is 1. The topological polar surface area (TPSA) is 32.9 Å². The number of fused-ring (bicyclic) bond motifs is 1. The third-order valence-corrected chi connectivity index (χ3v) is 3.45. The SMILES string of the molecule is O=Cc1cc2c(I)c[nH]c2cc1Br. The van der Waals surface area contributed by atoms with Crippen LogP contribution < -0.4 is 0 Å². The van der Waals surface area contributed by atoms with Gasteiger partial charge < -0.3 is 4.98 Å². The number of halogens is 2. The van der Waals surface area contributed by atoms with Gasteiger partial charge in [0.1, 0.15) is 0 Å². The molecule has 0 atom stereocenters. The van der Waals surface area contributed by atoms with Gasteiger partial charge in [0.15, 0.2) is 6.29 Å². The Bertz CT molecular complexity index is 478. The fourth-order valence-corrected chi connectivity index (χ4v) is 2.25. The van der Waals surface area contributed by atoms with Gasteiger partial charge in [-0.2, -0.15) is 0 Å². The van der Waals surface area contributed by atoms with Crippen molar-refractivity contribution in [2.75, 3.05) is 0 Å². The molecule has 1 heterocycles. The molecule has 66 valence electrons. The van der Waals surface area contributed by atoms with Gasteiger partial charge in [-0.3, -0.25) is 4.79 Å². The number of hydrogen-bond donors (Lipinski definition) is 1. The van der Waals surface area contributed by atoms with Crippen molar-refractivity contribution in [3.63, 3.8) is 0 Å². The zero-order valence-corrected chi connectivity index (χ0v) is 10.2. The molecule has 0 aliphatic rings. The summed E-state index contributed by atoms with van der Waals surface area (Å²) < 4.78 is 1.96. The quantitative estimate of drug-likeness (QED) is 0.621. The van der Waals surface area contributed by atoms with Crippen LogP contribution in [0.1, 0.15) is 10.4 Å². The van der Waals surface area contributed by atoms with E-state index in [1.165, 1.54) is 0 Å². The number of carbonyl (C=O) groups is 1. The number of nitrogens with one attached hydrogen (secondary N) is 1. The van der Waals surface area contributed by atoms with E-state index in [1.54, 1.807) is 0 Å². The number of aromatic nitrogens is 1. The van der Waals surface area contributed by atoms with Crippen molar-refractivity contribution in [1.29, 1.82) is 0 Å². The summed E-state index contributed by atoms with van der Waals surface area (Å²) in [4.78, 5) is 13.8. The van der Waals surface area contributed by atoms with Gasteiger partial charge in [0.05, 0.1) is 0 Å². The standard InChI is InChI=1S/C9H5BrINO/c10-7-2-9-6(1-5(7)4-13)8(11)3-12-9/h1-4,12H. The van der Waals surface area contributed by atoms with Crippen molar-refractivity contribution in [2.24, 2.45) is 0 Å². The number of benzene rings is 1. The van der Waals surface area contributed by atoms with Crippen LogP contribution in [0, 0.1) is 3.57 Å². The van der Waals surface area contributed by atoms with Crippen LogP contribution in [0.15, 0.2) is 22.8 Å². The molecule has 0 saturated heterocycles. The second-order valence-corrected chi connectivity index (χ2v) is 4.69. The molecule has 0 bridgehead atoms. The smallest absolute Gasteiger partial charge is 0.151 e. The Labute approximate surface area is 97.0 Å². The summed E-state index contributed by atoms with van der Waals surface area (Å²) in [7, 11) is 0. The van der Waals surface area contributed by atoms with Crippen molar-refractivity contribution >= 4 is 55.7 Å². The van der Waals surface area contributed by atoms with Gasteiger partial charge in [0.25, 0.3) is 0 Å². The lowest BCUT2D eigenvalue weighted by atomic mass is 10.2. The Balaban J connectivity index is 2.84. The summed E-state index contributed by atoms with van der Waals surface area (Å²) in [6.45, 7) is 0. The fourth-order valence-electron chi connectivity index (χ4n) is 1.22. The van der Waals surface area contributed by atoms with Gasteiger partial charge in [-0.25, -0.2) is 0 Å². The van der Waals surface area contributed by atoms with E-state index in [2.05, 4.69) is 43.5 Å². The highest BCUT2D eigenvalue weighted by Crippen LogP contribution is 2.26. The second kappa shape index (κ2) is 3.42. The zero-order valence-electron chi connectivity index (χ0n) is 6.47. The van der Waals surface area contributed by atoms with Crippen molar-refractivity contribution in [1.82, 2.24) is 4.98 Å². The molecule has 0 radical (unpaired) electrons. The maximum atomic E-state index is 10.7. The van der Waals surface area contributed by atoms with Crippen molar-refractivity contribution in [3.8, 4) is 0 Å². The molecule has 0 fully saturated rings. The molecular formula is C9H5BrINO. The van der Waals surface area contributed by atoms with E-state index >= 15 is 0 Å². The molecule has 0 aliphatic heterocycles. The highest BCUT2D eigenvalue weighted by Gasteiger charge is 2.05. The van der Waals surface area contributed by atoms with E-state index in [4.69, 9.17) is 0 Å². The Hall–Kier alpha value is -0.360. The van der Waals surface area contributed by atoms with Gasteiger partial charge in [0.2, 0.25) is 0 Å². The van der Waals surface area contributed by atoms with Crippen LogP contribution in [0.25, 0.3) is 10.9 Å². The Morgan fingerprint density at radius 3 is 2.92 bits per heavy atom. The van der Waals surface area contributed by atoms with Gasteiger partial charge in [-0.05, 0) is 50.7 Å². The molecule has 2 aromatic rings. The lowest BCUT2D eigenvalue weighted by Crippen LogP contribution is -1.82. The first-order chi connectivity index (χ1) is 6.22. The van der Waals surface area contributed by atoms with Gasteiger partial charge in [-0.1, -0.05) is 0 Å². The number of carbonyl (C=O) groups excluding carboxylic acids is 1. The van der Waals surface area contributed by atoms with E-state index in [0.29, 0.717) is 5.56 Å². The first-order valence-corrected chi connectivity index (χ1v) is 5.51. The zero-order chi connectivity index (χ0) is 9.42. The number of hydrogen-bond acceptors (Lipinski definition) is 1. The highest BCUT2D eigenvalue weighted by atomic mass is 127. The van der Waals surface area contributed by atoms with Crippen LogP contribution in [0.2, 0.25) is 0 Å². The monoisotopic (exact) mass is 349 g/mol. The molecule has 1 aromatic heterocycles. The summed E-state index contributed by atoms with van der Waals surface area (Å²) >= 11 is 5.57. The second-order valence-electron chi connectivity index (χ2n) is 2.67. The molecule has 0 amide bonds. The first kappa shape index (κ1) is 9.21. The maximum Gasteiger partial charge on any atom is 0.151 e. The fraction of sp³-hybridized carbons (Fsp3) is 0. The largest absolute Gasteiger partial charge is 0.360 e. The highest BCUT2D eigenvalue weighted by molar-refractivity contribution is 14.1. The molecular weight excluding hydrogens is 345 g/mol. The molecule has 13 heavy (non-hydrogen) atoms. The molecule has 0 unspecified atom stereocenters. The molecule has 1 aromatic carbocycles. The van der Waals surface area contributed by atoms with E-state index in [0.717, 1.165) is 25.2 Å². The maximum absolute atomic E-state index is 10.7. The van der Waals surface area contributed by atoms with Crippen LogP contribution in [0.4, 0.5) is 0 Å². The predicted molar refractivity (Wildman–Crippen MR) is 64.1 cm³/mol. The molecule has 0 saturated carbocycles. The lowest BCUT2D eigenvalue weighted by molar-refractivity contribution is 0.112. The summed E-state index contributed by atoms with van der Waals surface area (Å²) in [6, 6.07) is 3.80. The molecule has 4 heteroatoms. The van der Waals surface area contributed by atoms with Crippen LogP contribution in [0.5, 0.6) is 0 Å². The lowest BCUT2D eigenvalue weighted by Gasteiger charge is -1.96. The van der Waals surface area contributed by atoms with E-state index in [-0.39, 0.29) is 0 Å². The predicted octanol–water partition coefficient (Wildman–Crippen LogP) is 3.35. The van der Waals surface area contributed by atoms with Gasteiger partial charge >= 0.3 is 0 Å². The average Bonchev–Trinajstić information content (AvgIpc) is 2.46. The van der Waals surface area contributed by atoms with E-state index in [9.17, 15) is 4.79 Å². The number of aromatic amines is 1. The van der Waals surface area contributed by atoms with Crippen LogP contribution in [-0.4, -0.2) is 11.3 Å². The number of H-pyrrole nitrogens is 1. The van der Waals surface area contributed by atoms with Crippen molar-refractivity contribution < 1.29 is 4.79 Å². The first-order valence-electron chi connectivity index (χ1n) is 3.63. The third kappa shape index (κ3) is 1.52. The normalized spacial score (nSPS) is 10.6.